The highest BCUT2D eigenvalue weighted by molar-refractivity contribution is 6.76. The quantitative estimate of drug-likeness (QED) is 0.0890. The van der Waals surface area contributed by atoms with Crippen molar-refractivity contribution in [3.63, 3.8) is 0 Å². The number of carbonyl (C=O) groups is 3. The molecule has 15 heteroatoms. The van der Waals surface area contributed by atoms with Gasteiger partial charge < -0.3 is 23.7 Å². The van der Waals surface area contributed by atoms with Crippen molar-refractivity contribution in [2.45, 2.75) is 55.2 Å². The average molecular weight is 476 g/mol. The number of nitrogens with zero attached hydrogens (tertiary/aromatic N) is 3. The number of carbonyl (C=O) groups excluding carboxylic acids is 3. The fourth-order valence-corrected chi connectivity index (χ4v) is 2.48. The van der Waals surface area contributed by atoms with Crippen LogP contribution in [0.5, 0.6) is 0 Å². The number of hydrogen-bond donors (Lipinski definition) is 1. The number of nitrogens with one attached hydrogen (secondary N) is 1. The Morgan fingerprint density at radius 3 is 2.07 bits per heavy atom. The van der Waals surface area contributed by atoms with Crippen LogP contribution in [0.3, 0.4) is 0 Å². The van der Waals surface area contributed by atoms with Crippen LogP contribution in [0.1, 0.15) is 20.8 Å². The molecule has 12 nitrogen and oxygen atoms in total. The lowest BCUT2D eigenvalue weighted by Gasteiger charge is -2.43. The van der Waals surface area contributed by atoms with Gasteiger partial charge in [0.15, 0.2) is 12.2 Å². The molecule has 5 atom stereocenters. The van der Waals surface area contributed by atoms with Crippen molar-refractivity contribution in [2.75, 3.05) is 6.61 Å². The maximum absolute atomic E-state index is 11.6. The summed E-state index contributed by atoms with van der Waals surface area (Å²) in [6.07, 6.45) is -5.60. The largest absolute Gasteiger partial charge is 0.463 e. The fraction of sp³-hybridized carbons (Fsp3) is 0.714. The summed E-state index contributed by atoms with van der Waals surface area (Å²) in [5, 5.41) is 11.1. The van der Waals surface area contributed by atoms with E-state index in [0.29, 0.717) is 0 Å². The number of hydrogen-bond acceptors (Lipinski definition) is 10. The van der Waals surface area contributed by atoms with Crippen molar-refractivity contribution >= 4 is 58.6 Å². The van der Waals surface area contributed by atoms with Crippen LogP contribution >= 0.6 is 34.8 Å². The zero-order chi connectivity index (χ0) is 22.4. The van der Waals surface area contributed by atoms with Gasteiger partial charge in [0.05, 0.1) is 0 Å². The normalized spacial score (nSPS) is 26.5. The average Bonchev–Trinajstić information content (AvgIpc) is 2.56. The molecule has 1 N–H and O–H groups in total. The van der Waals surface area contributed by atoms with E-state index < -0.39 is 64.8 Å². The second-order valence-corrected chi connectivity index (χ2v) is 7.92. The molecule has 1 saturated heterocycles. The molecule has 0 saturated carbocycles. The van der Waals surface area contributed by atoms with Gasteiger partial charge in [0.25, 0.3) is 3.79 Å². The Hall–Kier alpha value is -1.98. The van der Waals surface area contributed by atoms with Crippen molar-refractivity contribution in [1.82, 2.24) is 0 Å². The van der Waals surface area contributed by atoms with Crippen LogP contribution in [0.2, 0.25) is 0 Å². The van der Waals surface area contributed by atoms with Crippen LogP contribution in [-0.4, -0.2) is 64.8 Å². The van der Waals surface area contributed by atoms with Crippen molar-refractivity contribution < 1.29 is 38.1 Å². The molecular weight excluding hydrogens is 459 g/mol. The molecule has 1 aliphatic heterocycles. The van der Waals surface area contributed by atoms with Crippen LogP contribution in [0, 0.1) is 5.41 Å². The molecule has 1 fully saturated rings. The second-order valence-electron chi connectivity index (χ2n) is 5.63. The Kier molecular flexibility index (Phi) is 9.24. The van der Waals surface area contributed by atoms with Gasteiger partial charge in [-0.25, -0.2) is 0 Å². The number of esters is 3. The Labute approximate surface area is 179 Å². The van der Waals surface area contributed by atoms with E-state index in [1.54, 1.807) is 0 Å². The molecule has 0 bridgehead atoms. The minimum absolute atomic E-state index is 0.449. The summed E-state index contributed by atoms with van der Waals surface area (Å²) < 4.78 is 23.6. The Balaban J connectivity index is 3.35. The molecular formula is C14H17Cl3N4O8. The lowest BCUT2D eigenvalue weighted by molar-refractivity contribution is -0.256. The summed E-state index contributed by atoms with van der Waals surface area (Å²) in [4.78, 5) is 36.9. The van der Waals surface area contributed by atoms with Crippen molar-refractivity contribution in [1.29, 1.82) is 5.41 Å². The van der Waals surface area contributed by atoms with E-state index in [4.69, 9.17) is 69.4 Å². The van der Waals surface area contributed by atoms with Crippen LogP contribution < -0.4 is 0 Å². The van der Waals surface area contributed by atoms with Gasteiger partial charge in [-0.3, -0.25) is 19.8 Å². The van der Waals surface area contributed by atoms with Gasteiger partial charge in [0.1, 0.15) is 18.8 Å². The third-order valence-corrected chi connectivity index (χ3v) is 3.86. The van der Waals surface area contributed by atoms with Gasteiger partial charge in [-0.1, -0.05) is 39.9 Å². The Morgan fingerprint density at radius 1 is 1.07 bits per heavy atom. The van der Waals surface area contributed by atoms with E-state index in [-0.39, 0.29) is 0 Å². The molecule has 0 radical (unpaired) electrons. The van der Waals surface area contributed by atoms with Crippen LogP contribution in [0.25, 0.3) is 10.4 Å². The zero-order valence-corrected chi connectivity index (χ0v) is 17.6. The Bertz CT molecular complexity index is 709. The van der Waals surface area contributed by atoms with Gasteiger partial charge in [-0.05, 0) is 5.53 Å². The summed E-state index contributed by atoms with van der Waals surface area (Å²) >= 11 is 16.7. The first-order valence-corrected chi connectivity index (χ1v) is 9.00. The third-order valence-electron chi connectivity index (χ3n) is 3.35. The molecule has 162 valence electrons. The van der Waals surface area contributed by atoms with Crippen LogP contribution in [-0.2, 0) is 38.1 Å². The van der Waals surface area contributed by atoms with Gasteiger partial charge in [-0.15, -0.1) is 0 Å². The highest BCUT2D eigenvalue weighted by atomic mass is 35.6. The zero-order valence-electron chi connectivity index (χ0n) is 15.3. The highest BCUT2D eigenvalue weighted by Crippen LogP contribution is 2.33. The first-order valence-electron chi connectivity index (χ1n) is 7.86. The molecule has 0 aromatic rings. The lowest BCUT2D eigenvalue weighted by atomic mass is 9.97. The summed E-state index contributed by atoms with van der Waals surface area (Å²) in [5.74, 6) is -3.16. The number of rotatable bonds is 6. The van der Waals surface area contributed by atoms with Crippen LogP contribution in [0.4, 0.5) is 0 Å². The number of alkyl halides is 3. The van der Waals surface area contributed by atoms with E-state index in [1.807, 2.05) is 0 Å². The van der Waals surface area contributed by atoms with Gasteiger partial charge in [0.2, 0.25) is 12.2 Å². The summed E-state index contributed by atoms with van der Waals surface area (Å²) in [7, 11) is 0. The summed E-state index contributed by atoms with van der Waals surface area (Å²) in [5.41, 5.74) is 8.89. The summed E-state index contributed by atoms with van der Waals surface area (Å²) in [6.45, 7) is 2.82. The topological polar surface area (TPSA) is 170 Å². The van der Waals surface area contributed by atoms with Crippen molar-refractivity contribution in [2.24, 2.45) is 5.11 Å². The molecule has 1 rings (SSSR count). The third kappa shape index (κ3) is 7.75. The van der Waals surface area contributed by atoms with E-state index in [0.717, 1.165) is 20.8 Å². The van der Waals surface area contributed by atoms with Crippen molar-refractivity contribution in [3.8, 4) is 0 Å². The first-order chi connectivity index (χ1) is 13.4. The van der Waals surface area contributed by atoms with Gasteiger partial charge >= 0.3 is 17.9 Å². The predicted octanol–water partition coefficient (Wildman–Crippen LogP) is 2.18. The summed E-state index contributed by atoms with van der Waals surface area (Å²) in [6, 6.07) is -1.45. The maximum atomic E-state index is 11.6. The van der Waals surface area contributed by atoms with Crippen LogP contribution in [0.15, 0.2) is 5.11 Å². The first kappa shape index (κ1) is 25.1. The molecule has 0 amide bonds. The minimum Gasteiger partial charge on any atom is -0.463 e. The van der Waals surface area contributed by atoms with E-state index >= 15 is 0 Å². The molecule has 1 aliphatic rings. The fourth-order valence-electron chi connectivity index (χ4n) is 2.35. The number of ether oxygens (including phenoxy) is 5. The maximum Gasteiger partial charge on any atom is 0.303 e. The molecule has 0 aromatic carbocycles. The molecule has 0 aliphatic carbocycles. The second kappa shape index (κ2) is 10.7. The number of halogens is 3. The van der Waals surface area contributed by atoms with Gasteiger partial charge in [-0.2, -0.15) is 0 Å². The van der Waals surface area contributed by atoms with E-state index in [9.17, 15) is 14.4 Å². The monoisotopic (exact) mass is 474 g/mol. The smallest absolute Gasteiger partial charge is 0.303 e. The molecule has 0 aromatic heterocycles. The van der Waals surface area contributed by atoms with Gasteiger partial charge in [0, 0.05) is 25.7 Å². The minimum atomic E-state index is -2.28. The highest BCUT2D eigenvalue weighted by Gasteiger charge is 2.52. The lowest BCUT2D eigenvalue weighted by Crippen LogP contribution is -2.61. The van der Waals surface area contributed by atoms with E-state index in [1.165, 1.54) is 0 Å². The Morgan fingerprint density at radius 2 is 1.62 bits per heavy atom. The van der Waals surface area contributed by atoms with E-state index in [2.05, 4.69) is 10.0 Å². The standard InChI is InChI=1S/C14H17Cl3N4O8/c1-5(22)25-4-8-10(26-6(2)23)11(27-7(3)24)9(20-21-19)12(28-8)29-13(18)14(15,16)17/h8-12,18H,4H2,1-3H3/t8-,9-,10-,11-,12-/m1/s1. The molecule has 0 spiro atoms. The molecule has 0 unspecified atom stereocenters. The molecule has 29 heavy (non-hydrogen) atoms. The predicted molar refractivity (Wildman–Crippen MR) is 98.4 cm³/mol. The SMILES string of the molecule is CC(=O)OC[C@H]1O[C@H](OC(=N)C(Cl)(Cl)Cl)[C@H](N=[N+]=[N-])[C@@H](OC(C)=O)[C@@H]1OC(C)=O. The number of azide groups is 1. The molecule has 1 heterocycles. The van der Waals surface area contributed by atoms with Crippen molar-refractivity contribution in [3.05, 3.63) is 10.4 Å².